The van der Waals surface area contributed by atoms with Crippen LogP contribution >= 0.6 is 0 Å². The van der Waals surface area contributed by atoms with E-state index in [1.54, 1.807) is 24.3 Å². The van der Waals surface area contributed by atoms with E-state index in [0.717, 1.165) is 6.42 Å². The molecule has 17 heavy (non-hydrogen) atoms. The highest BCUT2D eigenvalue weighted by atomic mass is 16.5. The Kier molecular flexibility index (Phi) is 4.69. The summed E-state index contributed by atoms with van der Waals surface area (Å²) in [4.78, 5) is 22.4. The molecule has 0 aliphatic heterocycles. The Labute approximate surface area is 101 Å². The molecule has 0 saturated carbocycles. The zero-order valence-corrected chi connectivity index (χ0v) is 10.3. The van der Waals surface area contributed by atoms with E-state index in [0.29, 0.717) is 11.3 Å². The lowest BCUT2D eigenvalue weighted by Gasteiger charge is -2.11. The van der Waals surface area contributed by atoms with Crippen molar-refractivity contribution in [3.05, 3.63) is 29.8 Å². The second-order valence-electron chi connectivity index (χ2n) is 3.90. The summed E-state index contributed by atoms with van der Waals surface area (Å²) >= 11 is 0. The molecule has 1 aromatic rings. The fourth-order valence-electron chi connectivity index (χ4n) is 1.25. The zero-order chi connectivity index (χ0) is 12.8. The maximum absolute atomic E-state index is 11.7. The summed E-state index contributed by atoms with van der Waals surface area (Å²) in [6.07, 6.45) is 0.886. The van der Waals surface area contributed by atoms with E-state index in [-0.39, 0.29) is 17.9 Å². The number of benzene rings is 1. The van der Waals surface area contributed by atoms with Crippen LogP contribution in [0.15, 0.2) is 24.3 Å². The van der Waals surface area contributed by atoms with Crippen molar-refractivity contribution < 1.29 is 14.3 Å². The van der Waals surface area contributed by atoms with Gasteiger partial charge in [0.1, 0.15) is 5.75 Å². The lowest BCUT2D eigenvalue weighted by molar-refractivity contribution is -0.131. The van der Waals surface area contributed by atoms with E-state index in [9.17, 15) is 9.59 Å². The van der Waals surface area contributed by atoms with Crippen LogP contribution in [0, 0.1) is 0 Å². The Hall–Kier alpha value is -1.84. The molecule has 0 radical (unpaired) electrons. The summed E-state index contributed by atoms with van der Waals surface area (Å²) in [5.41, 5.74) is 0.557. The molecule has 0 aliphatic carbocycles. The number of hydrogen-bond acceptors (Lipinski definition) is 3. The summed E-state index contributed by atoms with van der Waals surface area (Å²) in [5.74, 6) is -0.0480. The summed E-state index contributed by atoms with van der Waals surface area (Å²) in [6, 6.07) is 6.63. The SMILES string of the molecule is CC[C@H](C)NC(=O)c1ccc(OC(C)=O)cc1. The van der Waals surface area contributed by atoms with Gasteiger partial charge in [0.25, 0.3) is 5.91 Å². The molecule has 1 N–H and O–H groups in total. The molecule has 1 atom stereocenters. The summed E-state index contributed by atoms with van der Waals surface area (Å²) in [7, 11) is 0. The maximum atomic E-state index is 11.7. The van der Waals surface area contributed by atoms with Gasteiger partial charge in [-0.25, -0.2) is 0 Å². The first-order valence-corrected chi connectivity index (χ1v) is 5.62. The van der Waals surface area contributed by atoms with Crippen molar-refractivity contribution in [1.82, 2.24) is 5.32 Å². The first kappa shape index (κ1) is 13.2. The van der Waals surface area contributed by atoms with Crippen LogP contribution in [0.5, 0.6) is 5.75 Å². The Balaban J connectivity index is 2.67. The van der Waals surface area contributed by atoms with Crippen molar-refractivity contribution in [2.24, 2.45) is 0 Å². The number of hydrogen-bond donors (Lipinski definition) is 1. The minimum absolute atomic E-state index is 0.117. The molecule has 0 bridgehead atoms. The Morgan fingerprint density at radius 2 is 1.88 bits per heavy atom. The van der Waals surface area contributed by atoms with Crippen molar-refractivity contribution in [1.29, 1.82) is 0 Å². The number of esters is 1. The molecule has 0 fully saturated rings. The largest absolute Gasteiger partial charge is 0.427 e. The van der Waals surface area contributed by atoms with Crippen molar-refractivity contribution in [2.75, 3.05) is 0 Å². The van der Waals surface area contributed by atoms with E-state index in [1.807, 2.05) is 13.8 Å². The number of amides is 1. The quantitative estimate of drug-likeness (QED) is 0.642. The van der Waals surface area contributed by atoms with Gasteiger partial charge in [-0.2, -0.15) is 0 Å². The molecule has 0 unspecified atom stereocenters. The number of nitrogens with one attached hydrogen (secondary N) is 1. The normalized spacial score (nSPS) is 11.7. The highest BCUT2D eigenvalue weighted by Gasteiger charge is 2.08. The maximum Gasteiger partial charge on any atom is 0.308 e. The Morgan fingerprint density at radius 1 is 1.29 bits per heavy atom. The fraction of sp³-hybridized carbons (Fsp3) is 0.385. The molecular weight excluding hydrogens is 218 g/mol. The van der Waals surface area contributed by atoms with E-state index < -0.39 is 0 Å². The van der Waals surface area contributed by atoms with E-state index >= 15 is 0 Å². The molecule has 0 aromatic heterocycles. The monoisotopic (exact) mass is 235 g/mol. The second-order valence-corrected chi connectivity index (χ2v) is 3.90. The van der Waals surface area contributed by atoms with Crippen LogP contribution in [0.1, 0.15) is 37.6 Å². The van der Waals surface area contributed by atoms with Crippen LogP contribution in [0.25, 0.3) is 0 Å². The molecule has 1 rings (SSSR count). The van der Waals surface area contributed by atoms with Gasteiger partial charge in [-0.15, -0.1) is 0 Å². The zero-order valence-electron chi connectivity index (χ0n) is 10.3. The minimum atomic E-state index is -0.373. The van der Waals surface area contributed by atoms with Gasteiger partial charge in [0.05, 0.1) is 0 Å². The summed E-state index contributed by atoms with van der Waals surface area (Å²) in [6.45, 7) is 5.30. The third kappa shape index (κ3) is 4.26. The average Bonchev–Trinajstić information content (AvgIpc) is 2.28. The third-order valence-corrected chi connectivity index (χ3v) is 2.37. The highest BCUT2D eigenvalue weighted by Crippen LogP contribution is 2.12. The summed E-state index contributed by atoms with van der Waals surface area (Å²) in [5, 5.41) is 2.86. The van der Waals surface area contributed by atoms with Crippen LogP contribution in [-0.4, -0.2) is 17.9 Å². The van der Waals surface area contributed by atoms with E-state index in [2.05, 4.69) is 5.32 Å². The molecular formula is C13H17NO3. The van der Waals surface area contributed by atoms with Crippen LogP contribution in [0.3, 0.4) is 0 Å². The second kappa shape index (κ2) is 6.03. The molecule has 0 heterocycles. The Morgan fingerprint density at radius 3 is 2.35 bits per heavy atom. The van der Waals surface area contributed by atoms with Crippen LogP contribution in [0.2, 0.25) is 0 Å². The molecule has 1 amide bonds. The summed E-state index contributed by atoms with van der Waals surface area (Å²) < 4.78 is 4.88. The smallest absolute Gasteiger partial charge is 0.308 e. The number of ether oxygens (including phenoxy) is 1. The fourth-order valence-corrected chi connectivity index (χ4v) is 1.25. The first-order chi connectivity index (χ1) is 8.02. The van der Waals surface area contributed by atoms with Gasteiger partial charge in [0.15, 0.2) is 0 Å². The van der Waals surface area contributed by atoms with Crippen molar-refractivity contribution in [3.8, 4) is 5.75 Å². The van der Waals surface area contributed by atoms with Gasteiger partial charge in [-0.3, -0.25) is 9.59 Å². The lowest BCUT2D eigenvalue weighted by atomic mass is 10.2. The molecule has 92 valence electrons. The van der Waals surface area contributed by atoms with Crippen molar-refractivity contribution in [2.45, 2.75) is 33.2 Å². The standard InChI is InChI=1S/C13H17NO3/c1-4-9(2)14-13(16)11-5-7-12(8-6-11)17-10(3)15/h5-9H,4H2,1-3H3,(H,14,16)/t9-/m0/s1. The van der Waals surface area contributed by atoms with Crippen molar-refractivity contribution in [3.63, 3.8) is 0 Å². The number of carbonyl (C=O) groups is 2. The molecule has 1 aromatic carbocycles. The van der Waals surface area contributed by atoms with E-state index in [1.165, 1.54) is 6.92 Å². The predicted octanol–water partition coefficient (Wildman–Crippen LogP) is 2.14. The van der Waals surface area contributed by atoms with Crippen molar-refractivity contribution >= 4 is 11.9 Å². The average molecular weight is 235 g/mol. The molecule has 0 saturated heterocycles. The molecule has 0 spiro atoms. The van der Waals surface area contributed by atoms with Gasteiger partial charge in [-0.1, -0.05) is 6.92 Å². The molecule has 4 nitrogen and oxygen atoms in total. The topological polar surface area (TPSA) is 55.4 Å². The lowest BCUT2D eigenvalue weighted by Crippen LogP contribution is -2.31. The van der Waals surface area contributed by atoms with Crippen LogP contribution < -0.4 is 10.1 Å². The van der Waals surface area contributed by atoms with Crippen LogP contribution in [0.4, 0.5) is 0 Å². The minimum Gasteiger partial charge on any atom is -0.427 e. The van der Waals surface area contributed by atoms with Gasteiger partial charge in [0.2, 0.25) is 0 Å². The third-order valence-electron chi connectivity index (χ3n) is 2.37. The Bertz CT molecular complexity index is 398. The highest BCUT2D eigenvalue weighted by molar-refractivity contribution is 5.94. The molecule has 4 heteroatoms. The van der Waals surface area contributed by atoms with Gasteiger partial charge in [-0.05, 0) is 37.6 Å². The first-order valence-electron chi connectivity index (χ1n) is 5.62. The van der Waals surface area contributed by atoms with E-state index in [4.69, 9.17) is 4.74 Å². The van der Waals surface area contributed by atoms with Gasteiger partial charge < -0.3 is 10.1 Å². The predicted molar refractivity (Wildman–Crippen MR) is 65.0 cm³/mol. The number of rotatable bonds is 4. The van der Waals surface area contributed by atoms with Gasteiger partial charge >= 0.3 is 5.97 Å². The molecule has 0 aliphatic rings. The number of carbonyl (C=O) groups excluding carboxylic acids is 2. The van der Waals surface area contributed by atoms with Crippen LogP contribution in [-0.2, 0) is 4.79 Å². The van der Waals surface area contributed by atoms with Gasteiger partial charge in [0, 0.05) is 18.5 Å².